The molecule has 2 amide bonds. The van der Waals surface area contributed by atoms with Gasteiger partial charge in [0.15, 0.2) is 0 Å². The molecule has 7 nitrogen and oxygen atoms in total. The van der Waals surface area contributed by atoms with Gasteiger partial charge in [0.25, 0.3) is 0 Å². The van der Waals surface area contributed by atoms with Gasteiger partial charge < -0.3 is 21.7 Å². The quantitative estimate of drug-likeness (QED) is 0.483. The number of likely N-dealkylation sites (N-methyl/N-ethyl adjacent to an activating group) is 1. The Bertz CT molecular complexity index is 678. The highest BCUT2D eigenvalue weighted by Gasteiger charge is 2.40. The van der Waals surface area contributed by atoms with E-state index >= 15 is 0 Å². The summed E-state index contributed by atoms with van der Waals surface area (Å²) in [6.45, 7) is 0.598. The minimum absolute atomic E-state index is 0.0811. The molecule has 2 fully saturated rings. The van der Waals surface area contributed by atoms with Crippen molar-refractivity contribution in [1.82, 2.24) is 20.9 Å². The van der Waals surface area contributed by atoms with Crippen LogP contribution in [0.2, 0.25) is 0 Å². The predicted molar refractivity (Wildman–Crippen MR) is 123 cm³/mol. The van der Waals surface area contributed by atoms with Crippen molar-refractivity contribution >= 4 is 17.6 Å². The molecule has 1 aromatic heterocycles. The van der Waals surface area contributed by atoms with Crippen LogP contribution in [0.15, 0.2) is 18.3 Å². The topological polar surface area (TPSA) is 109 Å². The monoisotopic (exact) mass is 429 g/mol. The van der Waals surface area contributed by atoms with E-state index in [2.05, 4.69) is 20.9 Å². The van der Waals surface area contributed by atoms with E-state index in [0.29, 0.717) is 24.2 Å². The number of carbonyl (C=O) groups excluding carboxylic acids is 2. The van der Waals surface area contributed by atoms with Gasteiger partial charge in [0.2, 0.25) is 11.8 Å². The highest BCUT2D eigenvalue weighted by molar-refractivity contribution is 5.88. The van der Waals surface area contributed by atoms with Crippen LogP contribution in [0.3, 0.4) is 0 Å². The lowest BCUT2D eigenvalue weighted by Gasteiger charge is -2.42. The van der Waals surface area contributed by atoms with Crippen LogP contribution < -0.4 is 21.7 Å². The molecule has 0 saturated heterocycles. The van der Waals surface area contributed by atoms with Gasteiger partial charge in [0.1, 0.15) is 11.9 Å². The molecular weight excluding hydrogens is 390 g/mol. The lowest BCUT2D eigenvalue weighted by Crippen LogP contribution is -2.56. The van der Waals surface area contributed by atoms with Gasteiger partial charge in [-0.05, 0) is 36.4 Å². The fourth-order valence-electron chi connectivity index (χ4n) is 5.53. The molecule has 2 aliphatic carbocycles. The zero-order valence-corrected chi connectivity index (χ0v) is 18.9. The molecule has 0 spiro atoms. The molecule has 5 N–H and O–H groups in total. The number of amides is 2. The van der Waals surface area contributed by atoms with Crippen LogP contribution in [-0.4, -0.2) is 36.4 Å². The summed E-state index contributed by atoms with van der Waals surface area (Å²) in [4.78, 5) is 30.1. The molecule has 172 valence electrons. The van der Waals surface area contributed by atoms with Crippen LogP contribution in [0.25, 0.3) is 0 Å². The van der Waals surface area contributed by atoms with E-state index in [4.69, 9.17) is 5.73 Å². The first-order valence-electron chi connectivity index (χ1n) is 12.0. The van der Waals surface area contributed by atoms with Gasteiger partial charge in [-0.2, -0.15) is 0 Å². The maximum absolute atomic E-state index is 13.5. The van der Waals surface area contributed by atoms with Crippen molar-refractivity contribution in [3.63, 3.8) is 0 Å². The van der Waals surface area contributed by atoms with Crippen LogP contribution in [0, 0.1) is 17.8 Å². The third-order valence-corrected chi connectivity index (χ3v) is 7.02. The van der Waals surface area contributed by atoms with Crippen molar-refractivity contribution in [3.8, 4) is 0 Å². The molecule has 31 heavy (non-hydrogen) atoms. The number of nitrogen functional groups attached to an aromatic ring is 1. The Labute approximate surface area is 186 Å². The smallest absolute Gasteiger partial charge is 0.243 e. The number of hydrogen-bond acceptors (Lipinski definition) is 5. The second-order valence-electron chi connectivity index (χ2n) is 9.26. The minimum atomic E-state index is -0.492. The number of nitrogens with two attached hydrogens (primary N) is 1. The van der Waals surface area contributed by atoms with Crippen molar-refractivity contribution in [2.75, 3.05) is 19.3 Å². The number of aromatic nitrogens is 1. The summed E-state index contributed by atoms with van der Waals surface area (Å²) in [6, 6.07) is 3.12. The molecule has 2 aliphatic rings. The number of hydrogen-bond donors (Lipinski definition) is 4. The zero-order valence-electron chi connectivity index (χ0n) is 18.9. The number of rotatable bonds is 9. The van der Waals surface area contributed by atoms with Crippen molar-refractivity contribution in [2.24, 2.45) is 17.8 Å². The predicted octanol–water partition coefficient (Wildman–Crippen LogP) is 2.76. The van der Waals surface area contributed by atoms with E-state index in [-0.39, 0.29) is 24.3 Å². The van der Waals surface area contributed by atoms with E-state index in [1.54, 1.807) is 19.3 Å². The van der Waals surface area contributed by atoms with Crippen molar-refractivity contribution in [3.05, 3.63) is 23.9 Å². The molecule has 0 radical (unpaired) electrons. The Morgan fingerprint density at radius 3 is 2.16 bits per heavy atom. The van der Waals surface area contributed by atoms with E-state index < -0.39 is 6.04 Å². The largest absolute Gasteiger partial charge is 0.384 e. The average Bonchev–Trinajstić information content (AvgIpc) is 2.80. The standard InChI is InChI=1S/C24H39N5O2/c1-26-16-21(30)29-23(24(31)28-15-17-12-13-20(25)27-14-17)22(18-8-4-2-5-9-18)19-10-6-3-7-11-19/h12-14,18-19,22-23,26H,2-11,15-16H2,1H3,(H2,25,27)(H,28,31)(H,29,30). The fourth-order valence-corrected chi connectivity index (χ4v) is 5.53. The van der Waals surface area contributed by atoms with E-state index in [0.717, 1.165) is 31.2 Å². The highest BCUT2D eigenvalue weighted by Crippen LogP contribution is 2.41. The number of pyridine rings is 1. The lowest BCUT2D eigenvalue weighted by atomic mass is 9.66. The summed E-state index contributed by atoms with van der Waals surface area (Å²) in [7, 11) is 1.75. The molecule has 7 heteroatoms. The Morgan fingerprint density at radius 1 is 1.03 bits per heavy atom. The van der Waals surface area contributed by atoms with Gasteiger partial charge >= 0.3 is 0 Å². The van der Waals surface area contributed by atoms with Crippen LogP contribution in [0.5, 0.6) is 0 Å². The van der Waals surface area contributed by atoms with Crippen LogP contribution in [0.1, 0.15) is 69.8 Å². The normalized spacial score (nSPS) is 19.2. The summed E-state index contributed by atoms with van der Waals surface area (Å²) in [5.74, 6) is 1.46. The fraction of sp³-hybridized carbons (Fsp3) is 0.708. The number of carbonyl (C=O) groups is 2. The van der Waals surface area contributed by atoms with Crippen molar-refractivity contribution in [2.45, 2.75) is 76.8 Å². The molecule has 1 atom stereocenters. The molecule has 1 aromatic rings. The van der Waals surface area contributed by atoms with Gasteiger partial charge in [0, 0.05) is 12.7 Å². The molecule has 3 rings (SSSR count). The first-order chi connectivity index (χ1) is 15.1. The Morgan fingerprint density at radius 2 is 1.65 bits per heavy atom. The molecule has 2 saturated carbocycles. The number of anilines is 1. The Kier molecular flexibility index (Phi) is 9.13. The van der Waals surface area contributed by atoms with E-state index in [1.165, 1.54) is 38.5 Å². The summed E-state index contributed by atoms with van der Waals surface area (Å²) in [5.41, 5.74) is 6.57. The SMILES string of the molecule is CNCC(=O)NC(C(=O)NCc1ccc(N)nc1)C(C1CCCCC1)C1CCCCC1. The summed E-state index contributed by atoms with van der Waals surface area (Å²) in [5, 5.41) is 9.09. The number of nitrogens with zero attached hydrogens (tertiary/aromatic N) is 1. The first-order valence-corrected chi connectivity index (χ1v) is 12.0. The van der Waals surface area contributed by atoms with Crippen LogP contribution >= 0.6 is 0 Å². The molecular formula is C24H39N5O2. The lowest BCUT2D eigenvalue weighted by molar-refractivity contribution is -0.132. The average molecular weight is 430 g/mol. The minimum Gasteiger partial charge on any atom is -0.384 e. The third kappa shape index (κ3) is 6.92. The van der Waals surface area contributed by atoms with E-state index in [9.17, 15) is 9.59 Å². The Hall–Kier alpha value is -2.15. The Balaban J connectivity index is 1.79. The summed E-state index contributed by atoms with van der Waals surface area (Å²) < 4.78 is 0. The van der Waals surface area contributed by atoms with E-state index in [1.807, 2.05) is 6.07 Å². The molecule has 1 heterocycles. The molecule has 1 unspecified atom stereocenters. The van der Waals surface area contributed by atoms with Gasteiger partial charge in [-0.1, -0.05) is 70.3 Å². The summed E-state index contributed by atoms with van der Waals surface area (Å²) >= 11 is 0. The van der Waals surface area contributed by atoms with Crippen molar-refractivity contribution < 1.29 is 9.59 Å². The molecule has 0 aromatic carbocycles. The molecule has 0 aliphatic heterocycles. The number of nitrogens with one attached hydrogen (secondary N) is 3. The second kappa shape index (κ2) is 12.0. The highest BCUT2D eigenvalue weighted by atomic mass is 16.2. The van der Waals surface area contributed by atoms with Gasteiger partial charge in [-0.15, -0.1) is 0 Å². The maximum Gasteiger partial charge on any atom is 0.243 e. The van der Waals surface area contributed by atoms with Gasteiger partial charge in [-0.3, -0.25) is 9.59 Å². The van der Waals surface area contributed by atoms with Gasteiger partial charge in [-0.25, -0.2) is 4.98 Å². The second-order valence-corrected chi connectivity index (χ2v) is 9.26. The first kappa shape index (κ1) is 23.5. The third-order valence-electron chi connectivity index (χ3n) is 7.02. The molecule has 0 bridgehead atoms. The summed E-state index contributed by atoms with van der Waals surface area (Å²) in [6.07, 6.45) is 13.8. The van der Waals surface area contributed by atoms with Crippen LogP contribution in [0.4, 0.5) is 5.82 Å². The van der Waals surface area contributed by atoms with Crippen molar-refractivity contribution in [1.29, 1.82) is 0 Å². The van der Waals surface area contributed by atoms with Crippen LogP contribution in [-0.2, 0) is 16.1 Å². The maximum atomic E-state index is 13.5. The van der Waals surface area contributed by atoms with Gasteiger partial charge in [0.05, 0.1) is 6.54 Å². The zero-order chi connectivity index (χ0) is 22.1.